The summed E-state index contributed by atoms with van der Waals surface area (Å²) in [5.74, 6) is -1.14. The molecule has 2 aromatic heterocycles. The number of imide groups is 1. The normalized spacial score (nSPS) is 19.7. The van der Waals surface area contributed by atoms with E-state index in [4.69, 9.17) is 9.72 Å². The van der Waals surface area contributed by atoms with Crippen LogP contribution in [0.3, 0.4) is 0 Å². The van der Waals surface area contributed by atoms with Crippen molar-refractivity contribution in [3.8, 4) is 17.3 Å². The van der Waals surface area contributed by atoms with Crippen molar-refractivity contribution in [3.63, 3.8) is 0 Å². The highest BCUT2D eigenvalue weighted by Gasteiger charge is 2.65. The Morgan fingerprint density at radius 3 is 2.43 bits per heavy atom. The maximum absolute atomic E-state index is 15.1. The van der Waals surface area contributed by atoms with Gasteiger partial charge in [-0.1, -0.05) is 6.07 Å². The number of aliphatic hydroxyl groups excluding tert-OH is 1. The molecule has 0 unspecified atom stereocenters. The van der Waals surface area contributed by atoms with Gasteiger partial charge >= 0.3 is 6.09 Å². The van der Waals surface area contributed by atoms with Crippen molar-refractivity contribution in [2.45, 2.75) is 71.1 Å². The van der Waals surface area contributed by atoms with Crippen LogP contribution in [0.4, 0.5) is 14.9 Å². The standard InChI is InChI=1S/C34H34FN5O4/c1-32(2,3)44-31(43)40-17-26-28(29(40)41)21(14-25(38-26)27-20(15-36)5-4-6-24(27)35)13-22-7-8-23(16-37-22)39-18-33(9-10-33)30(42)34(19-39)11-12-34/h4-8,14,16,30,42H,9-13,17-19H2,1-3H3. The molecule has 2 saturated carbocycles. The lowest BCUT2D eigenvalue weighted by Crippen LogP contribution is -2.52. The molecule has 0 bridgehead atoms. The number of pyridine rings is 2. The highest BCUT2D eigenvalue weighted by atomic mass is 19.1. The molecule has 2 aliphatic carbocycles. The monoisotopic (exact) mass is 595 g/mol. The van der Waals surface area contributed by atoms with Gasteiger partial charge in [0.1, 0.15) is 11.4 Å². The van der Waals surface area contributed by atoms with Crippen molar-refractivity contribution in [2.24, 2.45) is 10.8 Å². The SMILES string of the molecule is CC(C)(C)OC(=O)N1Cc2nc(-c3c(F)cccc3C#N)cc(Cc3ccc(N4CC5(CC5)C(O)C5(CC5)C4)cn3)c2C1=O. The molecule has 2 spiro atoms. The number of rotatable bonds is 4. The zero-order chi connectivity index (χ0) is 31.0. The number of carbonyl (C=O) groups is 2. The number of carbonyl (C=O) groups excluding carboxylic acids is 2. The van der Waals surface area contributed by atoms with Gasteiger partial charge in [-0.05, 0) is 82.3 Å². The molecule has 4 aliphatic rings. The maximum atomic E-state index is 15.1. The van der Waals surface area contributed by atoms with E-state index in [0.717, 1.165) is 49.4 Å². The van der Waals surface area contributed by atoms with Crippen LogP contribution in [0.25, 0.3) is 11.3 Å². The second kappa shape index (κ2) is 9.83. The summed E-state index contributed by atoms with van der Waals surface area (Å²) in [6.45, 7) is 6.67. The fourth-order valence-corrected chi connectivity index (χ4v) is 6.91. The lowest BCUT2D eigenvalue weighted by molar-refractivity contribution is 0.0105. The molecular weight excluding hydrogens is 561 g/mol. The molecule has 4 heterocycles. The molecule has 3 aromatic rings. The van der Waals surface area contributed by atoms with Gasteiger partial charge in [-0.2, -0.15) is 5.26 Å². The number of ether oxygens (including phenoxy) is 1. The number of fused-ring (bicyclic) bond motifs is 1. The Morgan fingerprint density at radius 1 is 1.14 bits per heavy atom. The summed E-state index contributed by atoms with van der Waals surface area (Å²) in [5, 5.41) is 20.7. The summed E-state index contributed by atoms with van der Waals surface area (Å²) >= 11 is 0. The number of anilines is 1. The zero-order valence-corrected chi connectivity index (χ0v) is 25.1. The van der Waals surface area contributed by atoms with Gasteiger partial charge < -0.3 is 14.7 Å². The number of nitrogens with zero attached hydrogens (tertiary/aromatic N) is 5. The van der Waals surface area contributed by atoms with Gasteiger partial charge in [-0.3, -0.25) is 9.78 Å². The van der Waals surface area contributed by atoms with Gasteiger partial charge in [0.2, 0.25) is 0 Å². The molecule has 10 heteroatoms. The molecule has 0 atom stereocenters. The van der Waals surface area contributed by atoms with Crippen LogP contribution in [0.2, 0.25) is 0 Å². The van der Waals surface area contributed by atoms with Crippen LogP contribution in [0.15, 0.2) is 42.6 Å². The lowest BCUT2D eigenvalue weighted by Gasteiger charge is -2.44. The Bertz CT molecular complexity index is 1710. The summed E-state index contributed by atoms with van der Waals surface area (Å²) in [6.07, 6.45) is 5.27. The fraction of sp³-hybridized carbons (Fsp3) is 0.441. The van der Waals surface area contributed by atoms with Crippen LogP contribution in [0.5, 0.6) is 0 Å². The van der Waals surface area contributed by atoms with Crippen molar-refractivity contribution >= 4 is 17.7 Å². The van der Waals surface area contributed by atoms with Gasteiger partial charge in [0.25, 0.3) is 5.91 Å². The zero-order valence-electron chi connectivity index (χ0n) is 25.1. The van der Waals surface area contributed by atoms with Gasteiger partial charge in [0, 0.05) is 36.0 Å². The number of nitriles is 1. The summed E-state index contributed by atoms with van der Waals surface area (Å²) < 4.78 is 20.6. The number of benzene rings is 1. The third kappa shape index (κ3) is 4.80. The van der Waals surface area contributed by atoms with Crippen LogP contribution in [-0.4, -0.2) is 56.8 Å². The van der Waals surface area contributed by atoms with Crippen molar-refractivity contribution in [3.05, 3.63) is 76.5 Å². The number of aliphatic hydroxyl groups is 1. The highest BCUT2D eigenvalue weighted by molar-refractivity contribution is 6.07. The molecule has 9 nitrogen and oxygen atoms in total. The number of halogens is 1. The molecule has 1 saturated heterocycles. The van der Waals surface area contributed by atoms with E-state index in [9.17, 15) is 20.0 Å². The summed E-state index contributed by atoms with van der Waals surface area (Å²) in [6, 6.07) is 11.8. The number of hydrogen-bond acceptors (Lipinski definition) is 8. The third-order valence-electron chi connectivity index (χ3n) is 9.45. The molecule has 2 aliphatic heterocycles. The molecular formula is C34H34FN5O4. The second-order valence-corrected chi connectivity index (χ2v) is 13.8. The van der Waals surface area contributed by atoms with E-state index in [1.165, 1.54) is 18.2 Å². The Balaban J connectivity index is 1.22. The number of aromatic nitrogens is 2. The van der Waals surface area contributed by atoms with E-state index in [1.807, 2.05) is 24.4 Å². The van der Waals surface area contributed by atoms with Crippen LogP contribution in [-0.2, 0) is 17.7 Å². The summed E-state index contributed by atoms with van der Waals surface area (Å²) in [7, 11) is 0. The first-order valence-electron chi connectivity index (χ1n) is 15.1. The summed E-state index contributed by atoms with van der Waals surface area (Å²) in [5.41, 5.74) is 2.34. The molecule has 0 radical (unpaired) electrons. The van der Waals surface area contributed by atoms with E-state index in [2.05, 4.69) is 9.88 Å². The predicted molar refractivity (Wildman–Crippen MR) is 159 cm³/mol. The Morgan fingerprint density at radius 2 is 1.84 bits per heavy atom. The highest BCUT2D eigenvalue weighted by Crippen LogP contribution is 2.64. The first-order valence-corrected chi connectivity index (χ1v) is 15.1. The summed E-state index contributed by atoms with van der Waals surface area (Å²) in [4.78, 5) is 39.2. The topological polar surface area (TPSA) is 120 Å². The van der Waals surface area contributed by atoms with Gasteiger partial charge in [-0.15, -0.1) is 0 Å². The minimum atomic E-state index is -0.807. The fourth-order valence-electron chi connectivity index (χ4n) is 6.91. The van der Waals surface area contributed by atoms with Crippen molar-refractivity contribution < 1.29 is 23.8 Å². The van der Waals surface area contributed by atoms with Gasteiger partial charge in [0.05, 0.1) is 58.7 Å². The van der Waals surface area contributed by atoms with E-state index in [-0.39, 0.29) is 52.3 Å². The molecule has 44 heavy (non-hydrogen) atoms. The lowest BCUT2D eigenvalue weighted by atomic mass is 9.80. The number of hydrogen-bond donors (Lipinski definition) is 1. The van der Waals surface area contributed by atoms with E-state index in [0.29, 0.717) is 17.0 Å². The molecule has 1 aromatic carbocycles. The van der Waals surface area contributed by atoms with Crippen molar-refractivity contribution in [1.82, 2.24) is 14.9 Å². The first-order chi connectivity index (χ1) is 20.9. The number of piperidine rings is 1. The Labute approximate surface area is 255 Å². The first kappa shape index (κ1) is 28.4. The molecule has 1 N–H and O–H groups in total. The Kier molecular flexibility index (Phi) is 6.35. The average molecular weight is 596 g/mol. The smallest absolute Gasteiger partial charge is 0.417 e. The second-order valence-electron chi connectivity index (χ2n) is 13.8. The van der Waals surface area contributed by atoms with E-state index >= 15 is 4.39 Å². The van der Waals surface area contributed by atoms with Crippen LogP contribution in [0, 0.1) is 28.0 Å². The average Bonchev–Trinajstić information content (AvgIpc) is 3.90. The van der Waals surface area contributed by atoms with Crippen LogP contribution < -0.4 is 4.90 Å². The van der Waals surface area contributed by atoms with E-state index < -0.39 is 23.4 Å². The van der Waals surface area contributed by atoms with Crippen molar-refractivity contribution in [2.75, 3.05) is 18.0 Å². The Hall–Kier alpha value is -4.36. The van der Waals surface area contributed by atoms with Gasteiger partial charge in [0.15, 0.2) is 0 Å². The molecule has 7 rings (SSSR count). The van der Waals surface area contributed by atoms with Crippen LogP contribution in [0.1, 0.15) is 79.3 Å². The van der Waals surface area contributed by atoms with Gasteiger partial charge in [-0.25, -0.2) is 19.1 Å². The third-order valence-corrected chi connectivity index (χ3v) is 9.45. The van der Waals surface area contributed by atoms with E-state index in [1.54, 1.807) is 26.8 Å². The van der Waals surface area contributed by atoms with Crippen molar-refractivity contribution in [1.29, 1.82) is 5.26 Å². The molecule has 226 valence electrons. The predicted octanol–water partition coefficient (Wildman–Crippen LogP) is 5.38. The number of amides is 2. The quantitative estimate of drug-likeness (QED) is 0.427. The molecule has 2 amide bonds. The maximum Gasteiger partial charge on any atom is 0.417 e. The molecule has 3 fully saturated rings. The minimum Gasteiger partial charge on any atom is -0.443 e. The largest absolute Gasteiger partial charge is 0.443 e. The minimum absolute atomic E-state index is 0.00319. The van der Waals surface area contributed by atoms with Crippen LogP contribution >= 0.6 is 0 Å².